The van der Waals surface area contributed by atoms with Gasteiger partial charge in [-0.25, -0.2) is 0 Å². The summed E-state index contributed by atoms with van der Waals surface area (Å²) in [5.74, 6) is 0.225. The van der Waals surface area contributed by atoms with Gasteiger partial charge in [-0.1, -0.05) is 6.07 Å². The lowest BCUT2D eigenvalue weighted by atomic mass is 10.2. The average Bonchev–Trinajstić information content (AvgIpc) is 2.62. The van der Waals surface area contributed by atoms with Gasteiger partial charge in [0.2, 0.25) is 0 Å². The molecule has 1 N–H and O–H groups in total. The number of ether oxygens (including phenoxy) is 2. The van der Waals surface area contributed by atoms with E-state index >= 15 is 0 Å². The number of non-ortho nitro benzene ring substituents is 1. The van der Waals surface area contributed by atoms with E-state index in [4.69, 9.17) is 14.7 Å². The van der Waals surface area contributed by atoms with Crippen molar-refractivity contribution in [3.05, 3.63) is 57.6 Å². The van der Waals surface area contributed by atoms with Gasteiger partial charge in [0, 0.05) is 18.2 Å². The number of nitrogens with one attached hydrogen (secondary N) is 1. The lowest BCUT2D eigenvalue weighted by molar-refractivity contribution is -0.384. The molecular formula is C18H17N3O5. The monoisotopic (exact) mass is 355 g/mol. The minimum absolute atomic E-state index is 0.113. The van der Waals surface area contributed by atoms with E-state index in [1.165, 1.54) is 18.2 Å². The van der Waals surface area contributed by atoms with Crippen LogP contribution in [0.25, 0.3) is 0 Å². The zero-order valence-electron chi connectivity index (χ0n) is 14.3. The highest BCUT2D eigenvalue weighted by Crippen LogP contribution is 2.28. The number of amides is 1. The Morgan fingerprint density at radius 2 is 2.00 bits per heavy atom. The molecule has 0 saturated carbocycles. The van der Waals surface area contributed by atoms with Crippen molar-refractivity contribution in [1.82, 2.24) is 0 Å². The van der Waals surface area contributed by atoms with Crippen LogP contribution in [0.2, 0.25) is 0 Å². The van der Waals surface area contributed by atoms with Gasteiger partial charge in [0.25, 0.3) is 11.6 Å². The molecule has 2 rings (SSSR count). The van der Waals surface area contributed by atoms with Crippen molar-refractivity contribution in [2.24, 2.45) is 0 Å². The topological polar surface area (TPSA) is 114 Å². The lowest BCUT2D eigenvalue weighted by Crippen LogP contribution is -2.21. The maximum absolute atomic E-state index is 12.1. The first-order valence-corrected chi connectivity index (χ1v) is 7.79. The number of anilines is 1. The third kappa shape index (κ3) is 4.70. The van der Waals surface area contributed by atoms with Crippen molar-refractivity contribution < 1.29 is 19.2 Å². The fourth-order valence-corrected chi connectivity index (χ4v) is 2.15. The van der Waals surface area contributed by atoms with Crippen molar-refractivity contribution in [1.29, 1.82) is 5.26 Å². The van der Waals surface area contributed by atoms with Crippen LogP contribution in [-0.4, -0.2) is 24.0 Å². The van der Waals surface area contributed by atoms with Crippen LogP contribution in [0.15, 0.2) is 36.4 Å². The number of nitro benzene ring substituents is 1. The molecule has 0 saturated heterocycles. The molecule has 8 heteroatoms. The van der Waals surface area contributed by atoms with Crippen LogP contribution in [-0.2, 0) is 4.79 Å². The molecule has 0 spiro atoms. The molecule has 8 nitrogen and oxygen atoms in total. The maximum Gasteiger partial charge on any atom is 0.271 e. The Morgan fingerprint density at radius 1 is 1.23 bits per heavy atom. The average molecular weight is 355 g/mol. The zero-order valence-corrected chi connectivity index (χ0v) is 14.3. The van der Waals surface area contributed by atoms with E-state index in [1.54, 1.807) is 32.0 Å². The summed E-state index contributed by atoms with van der Waals surface area (Å²) >= 11 is 0. The van der Waals surface area contributed by atoms with Crippen LogP contribution >= 0.6 is 0 Å². The second-order valence-electron chi connectivity index (χ2n) is 5.30. The summed E-state index contributed by atoms with van der Waals surface area (Å²) in [6.45, 7) is 3.59. The fraction of sp³-hybridized carbons (Fsp3) is 0.222. The van der Waals surface area contributed by atoms with Crippen LogP contribution < -0.4 is 14.8 Å². The Labute approximate surface area is 150 Å². The first-order chi connectivity index (χ1) is 12.4. The van der Waals surface area contributed by atoms with Crippen molar-refractivity contribution >= 4 is 17.3 Å². The summed E-state index contributed by atoms with van der Waals surface area (Å²) in [5, 5.41) is 22.4. The molecular weight excluding hydrogens is 338 g/mol. The molecule has 1 amide bonds. The Bertz CT molecular complexity index is 874. The molecule has 0 aromatic heterocycles. The minimum Gasteiger partial charge on any atom is -0.490 e. The van der Waals surface area contributed by atoms with Crippen molar-refractivity contribution in [2.45, 2.75) is 13.8 Å². The first-order valence-electron chi connectivity index (χ1n) is 7.79. The van der Waals surface area contributed by atoms with E-state index < -0.39 is 10.8 Å². The minimum atomic E-state index is -0.531. The predicted molar refractivity (Wildman–Crippen MR) is 94.3 cm³/mol. The van der Waals surface area contributed by atoms with Crippen molar-refractivity contribution in [3.8, 4) is 17.6 Å². The summed E-state index contributed by atoms with van der Waals surface area (Å²) in [4.78, 5) is 22.4. The molecule has 0 bridgehead atoms. The Morgan fingerprint density at radius 3 is 2.65 bits per heavy atom. The fourth-order valence-electron chi connectivity index (χ4n) is 2.15. The summed E-state index contributed by atoms with van der Waals surface area (Å²) in [5.41, 5.74) is 1.34. The Kier molecular flexibility index (Phi) is 6.11. The van der Waals surface area contributed by atoms with Gasteiger partial charge in [-0.3, -0.25) is 14.9 Å². The highest BCUT2D eigenvalue weighted by atomic mass is 16.6. The molecule has 2 aromatic rings. The summed E-state index contributed by atoms with van der Waals surface area (Å²) in [6.07, 6.45) is 0. The smallest absolute Gasteiger partial charge is 0.271 e. The summed E-state index contributed by atoms with van der Waals surface area (Å²) in [6, 6.07) is 10.9. The van der Waals surface area contributed by atoms with Gasteiger partial charge in [-0.15, -0.1) is 0 Å². The molecule has 0 unspecified atom stereocenters. The lowest BCUT2D eigenvalue weighted by Gasteiger charge is -2.13. The van der Waals surface area contributed by atoms with Crippen LogP contribution in [0.1, 0.15) is 18.1 Å². The van der Waals surface area contributed by atoms with E-state index in [9.17, 15) is 14.9 Å². The second kappa shape index (κ2) is 8.48. The number of hydrogen-bond acceptors (Lipinski definition) is 6. The standard InChI is InChI=1S/C18H17N3O5/c1-3-25-17-8-13(10-19)5-7-16(17)26-11-18(22)20-15-9-14(21(23)24)6-4-12(15)2/h4-9H,3,11H2,1-2H3,(H,20,22). The van der Waals surface area contributed by atoms with Crippen LogP contribution in [0.4, 0.5) is 11.4 Å². The number of nitriles is 1. The largest absolute Gasteiger partial charge is 0.490 e. The number of aryl methyl sites for hydroxylation is 1. The number of benzene rings is 2. The second-order valence-corrected chi connectivity index (χ2v) is 5.30. The highest BCUT2D eigenvalue weighted by Gasteiger charge is 2.13. The van der Waals surface area contributed by atoms with Crippen molar-refractivity contribution in [3.63, 3.8) is 0 Å². The van der Waals surface area contributed by atoms with E-state index in [2.05, 4.69) is 5.32 Å². The van der Waals surface area contributed by atoms with E-state index in [0.717, 1.165) is 0 Å². The number of rotatable bonds is 7. The predicted octanol–water partition coefficient (Wildman–Crippen LogP) is 3.19. The number of hydrogen-bond donors (Lipinski definition) is 1. The SMILES string of the molecule is CCOc1cc(C#N)ccc1OCC(=O)Nc1cc([N+](=O)[O-])ccc1C. The maximum atomic E-state index is 12.1. The normalized spacial score (nSPS) is 9.88. The molecule has 2 aromatic carbocycles. The highest BCUT2D eigenvalue weighted by molar-refractivity contribution is 5.93. The molecule has 134 valence electrons. The quantitative estimate of drug-likeness (QED) is 0.602. The molecule has 0 heterocycles. The van der Waals surface area contributed by atoms with E-state index in [-0.39, 0.29) is 12.3 Å². The first kappa shape index (κ1) is 18.7. The van der Waals surface area contributed by atoms with E-state index in [1.807, 2.05) is 6.07 Å². The molecule has 0 aliphatic rings. The number of carbonyl (C=O) groups excluding carboxylic acids is 1. The molecule has 26 heavy (non-hydrogen) atoms. The van der Waals surface area contributed by atoms with Crippen LogP contribution in [0.5, 0.6) is 11.5 Å². The Hall–Kier alpha value is -3.60. The molecule has 0 aliphatic heterocycles. The van der Waals surface area contributed by atoms with Gasteiger partial charge in [-0.05, 0) is 31.5 Å². The summed E-state index contributed by atoms with van der Waals surface area (Å²) in [7, 11) is 0. The zero-order chi connectivity index (χ0) is 19.1. The van der Waals surface area contributed by atoms with Gasteiger partial charge in [0.15, 0.2) is 18.1 Å². The van der Waals surface area contributed by atoms with Gasteiger partial charge < -0.3 is 14.8 Å². The molecule has 0 aliphatic carbocycles. The third-order valence-electron chi connectivity index (χ3n) is 3.44. The molecule has 0 atom stereocenters. The van der Waals surface area contributed by atoms with E-state index in [0.29, 0.717) is 34.9 Å². The molecule has 0 radical (unpaired) electrons. The summed E-state index contributed by atoms with van der Waals surface area (Å²) < 4.78 is 10.9. The van der Waals surface area contributed by atoms with Gasteiger partial charge in [0.1, 0.15) is 0 Å². The number of nitro groups is 1. The van der Waals surface area contributed by atoms with Gasteiger partial charge >= 0.3 is 0 Å². The van der Waals surface area contributed by atoms with Gasteiger partial charge in [-0.2, -0.15) is 5.26 Å². The van der Waals surface area contributed by atoms with Crippen molar-refractivity contribution in [2.75, 3.05) is 18.5 Å². The number of carbonyl (C=O) groups is 1. The Balaban J connectivity index is 2.07. The van der Waals surface area contributed by atoms with Gasteiger partial charge in [0.05, 0.1) is 28.9 Å². The number of nitrogens with zero attached hydrogens (tertiary/aromatic N) is 2. The third-order valence-corrected chi connectivity index (χ3v) is 3.44. The van der Waals surface area contributed by atoms with Crippen LogP contribution in [0.3, 0.4) is 0 Å². The van der Waals surface area contributed by atoms with Crippen LogP contribution in [0, 0.1) is 28.4 Å². The molecule has 0 fully saturated rings.